The van der Waals surface area contributed by atoms with Crippen molar-refractivity contribution in [3.63, 3.8) is 0 Å². The van der Waals surface area contributed by atoms with Crippen LogP contribution in [0.25, 0.3) is 0 Å². The number of fused-ring (bicyclic) bond motifs is 2. The van der Waals surface area contributed by atoms with Gasteiger partial charge in [0.05, 0.1) is 6.61 Å². The van der Waals surface area contributed by atoms with Crippen molar-refractivity contribution in [1.29, 1.82) is 0 Å². The fourth-order valence-corrected chi connectivity index (χ4v) is 3.52. The van der Waals surface area contributed by atoms with Crippen molar-refractivity contribution in [3.05, 3.63) is 64.7 Å². The topological polar surface area (TPSA) is 21.3 Å². The average molecular weight is 279 g/mol. The van der Waals surface area contributed by atoms with Crippen molar-refractivity contribution in [3.8, 4) is 5.75 Å². The summed E-state index contributed by atoms with van der Waals surface area (Å²) in [5.74, 6) is 1.08. The van der Waals surface area contributed by atoms with Crippen LogP contribution in [0.3, 0.4) is 0 Å². The highest BCUT2D eigenvalue weighted by molar-refractivity contribution is 5.40. The fourth-order valence-electron chi connectivity index (χ4n) is 3.52. The number of benzene rings is 2. The standard InChI is InChI=1S/C19H21NO/c1-2-4-16-13-18(12-15(16)3-1)20-9-7-14-5-6-19-17(11-14)8-10-21-19/h1-6,11,18,20H,7-10,12-13H2. The molecule has 1 aliphatic carbocycles. The molecular formula is C19H21NO. The normalized spacial score (nSPS) is 16.6. The first-order valence-corrected chi connectivity index (χ1v) is 7.93. The summed E-state index contributed by atoms with van der Waals surface area (Å²) in [6.45, 7) is 1.90. The number of nitrogens with one attached hydrogen (secondary N) is 1. The van der Waals surface area contributed by atoms with Crippen molar-refractivity contribution in [2.75, 3.05) is 13.2 Å². The summed E-state index contributed by atoms with van der Waals surface area (Å²) >= 11 is 0. The second-order valence-electron chi connectivity index (χ2n) is 6.12. The van der Waals surface area contributed by atoms with Gasteiger partial charge in [-0.25, -0.2) is 0 Å². The maximum atomic E-state index is 5.56. The second-order valence-corrected chi connectivity index (χ2v) is 6.12. The Hall–Kier alpha value is -1.80. The molecule has 2 heteroatoms. The lowest BCUT2D eigenvalue weighted by Gasteiger charge is -2.12. The van der Waals surface area contributed by atoms with E-state index in [1.54, 1.807) is 0 Å². The Morgan fingerprint density at radius 1 is 1.00 bits per heavy atom. The van der Waals surface area contributed by atoms with E-state index in [2.05, 4.69) is 47.8 Å². The molecule has 21 heavy (non-hydrogen) atoms. The lowest BCUT2D eigenvalue weighted by Crippen LogP contribution is -2.31. The van der Waals surface area contributed by atoms with Gasteiger partial charge in [-0.15, -0.1) is 0 Å². The minimum absolute atomic E-state index is 0.611. The summed E-state index contributed by atoms with van der Waals surface area (Å²) in [5, 5.41) is 3.71. The molecule has 0 radical (unpaired) electrons. The molecule has 1 aliphatic heterocycles. The van der Waals surface area contributed by atoms with E-state index in [-0.39, 0.29) is 0 Å². The van der Waals surface area contributed by atoms with Crippen LogP contribution < -0.4 is 10.1 Å². The first-order chi connectivity index (χ1) is 10.4. The van der Waals surface area contributed by atoms with Gasteiger partial charge >= 0.3 is 0 Å². The van der Waals surface area contributed by atoms with Crippen molar-refractivity contribution in [2.45, 2.75) is 31.7 Å². The van der Waals surface area contributed by atoms with E-state index < -0.39 is 0 Å². The molecule has 0 unspecified atom stereocenters. The molecular weight excluding hydrogens is 258 g/mol. The van der Waals surface area contributed by atoms with E-state index >= 15 is 0 Å². The molecule has 0 atom stereocenters. The molecule has 1 heterocycles. The summed E-state index contributed by atoms with van der Waals surface area (Å²) in [6.07, 6.45) is 4.51. The molecule has 0 aromatic heterocycles. The van der Waals surface area contributed by atoms with Crippen LogP contribution in [0.5, 0.6) is 5.75 Å². The zero-order valence-corrected chi connectivity index (χ0v) is 12.3. The van der Waals surface area contributed by atoms with Crippen molar-refractivity contribution < 1.29 is 4.74 Å². The minimum atomic E-state index is 0.611. The van der Waals surface area contributed by atoms with Crippen LogP contribution in [0.2, 0.25) is 0 Å². The van der Waals surface area contributed by atoms with Gasteiger partial charge in [0.2, 0.25) is 0 Å². The van der Waals surface area contributed by atoms with Crippen LogP contribution in [-0.4, -0.2) is 19.2 Å². The summed E-state index contributed by atoms with van der Waals surface area (Å²) < 4.78 is 5.56. The molecule has 2 aliphatic rings. The third-order valence-electron chi connectivity index (χ3n) is 4.65. The number of rotatable bonds is 4. The number of hydrogen-bond acceptors (Lipinski definition) is 2. The van der Waals surface area contributed by atoms with Gasteiger partial charge in [-0.3, -0.25) is 0 Å². The van der Waals surface area contributed by atoms with Crippen LogP contribution in [0, 0.1) is 0 Å². The quantitative estimate of drug-likeness (QED) is 0.929. The summed E-state index contributed by atoms with van der Waals surface area (Å²) in [6, 6.07) is 16.1. The predicted molar refractivity (Wildman–Crippen MR) is 85.0 cm³/mol. The van der Waals surface area contributed by atoms with Gasteiger partial charge in [0.25, 0.3) is 0 Å². The van der Waals surface area contributed by atoms with Crippen molar-refractivity contribution in [2.24, 2.45) is 0 Å². The van der Waals surface area contributed by atoms with E-state index in [4.69, 9.17) is 4.74 Å². The molecule has 108 valence electrons. The molecule has 4 rings (SSSR count). The lowest BCUT2D eigenvalue weighted by atomic mass is 10.1. The minimum Gasteiger partial charge on any atom is -0.493 e. The number of ether oxygens (including phenoxy) is 1. The summed E-state index contributed by atoms with van der Waals surface area (Å²) in [4.78, 5) is 0. The monoisotopic (exact) mass is 279 g/mol. The van der Waals surface area contributed by atoms with E-state index in [9.17, 15) is 0 Å². The Labute approximate surface area is 126 Å². The van der Waals surface area contributed by atoms with Gasteiger partial charge in [0.15, 0.2) is 0 Å². The maximum Gasteiger partial charge on any atom is 0.122 e. The van der Waals surface area contributed by atoms with Gasteiger partial charge in [-0.2, -0.15) is 0 Å². The first-order valence-electron chi connectivity index (χ1n) is 7.93. The van der Waals surface area contributed by atoms with Crippen LogP contribution in [0.15, 0.2) is 42.5 Å². The summed E-state index contributed by atoms with van der Waals surface area (Å²) in [7, 11) is 0. The molecule has 0 spiro atoms. The third-order valence-corrected chi connectivity index (χ3v) is 4.65. The predicted octanol–water partition coefficient (Wildman–Crippen LogP) is 2.92. The highest BCUT2D eigenvalue weighted by Gasteiger charge is 2.20. The van der Waals surface area contributed by atoms with Gasteiger partial charge < -0.3 is 10.1 Å². The lowest BCUT2D eigenvalue weighted by molar-refractivity contribution is 0.357. The SMILES string of the molecule is c1ccc2c(c1)CC(NCCc1ccc3c(c1)CCO3)C2. The van der Waals surface area contributed by atoms with Gasteiger partial charge in [-0.05, 0) is 54.1 Å². The summed E-state index contributed by atoms with van der Waals surface area (Å²) in [5.41, 5.74) is 5.83. The highest BCUT2D eigenvalue weighted by atomic mass is 16.5. The Morgan fingerprint density at radius 3 is 2.62 bits per heavy atom. The zero-order valence-electron chi connectivity index (χ0n) is 12.3. The molecule has 2 aromatic rings. The Balaban J connectivity index is 1.31. The van der Waals surface area contributed by atoms with E-state index in [0.29, 0.717) is 6.04 Å². The molecule has 0 amide bonds. The van der Waals surface area contributed by atoms with Crippen molar-refractivity contribution in [1.82, 2.24) is 5.32 Å². The molecule has 0 saturated heterocycles. The molecule has 1 N–H and O–H groups in total. The fraction of sp³-hybridized carbons (Fsp3) is 0.368. The van der Waals surface area contributed by atoms with Crippen LogP contribution in [0.4, 0.5) is 0 Å². The largest absolute Gasteiger partial charge is 0.493 e. The molecule has 0 saturated carbocycles. The second kappa shape index (κ2) is 5.53. The van der Waals surface area contributed by atoms with Crippen LogP contribution in [0.1, 0.15) is 22.3 Å². The maximum absolute atomic E-state index is 5.56. The molecule has 2 aromatic carbocycles. The van der Waals surface area contributed by atoms with Gasteiger partial charge in [-0.1, -0.05) is 36.4 Å². The molecule has 0 fully saturated rings. The molecule has 2 nitrogen and oxygen atoms in total. The van der Waals surface area contributed by atoms with Crippen molar-refractivity contribution >= 4 is 0 Å². The molecule has 0 bridgehead atoms. The highest BCUT2D eigenvalue weighted by Crippen LogP contribution is 2.26. The third kappa shape index (κ3) is 2.68. The first kappa shape index (κ1) is 12.9. The number of hydrogen-bond donors (Lipinski definition) is 1. The Morgan fingerprint density at radius 2 is 1.81 bits per heavy atom. The van der Waals surface area contributed by atoms with Gasteiger partial charge in [0, 0.05) is 12.5 Å². The smallest absolute Gasteiger partial charge is 0.122 e. The van der Waals surface area contributed by atoms with E-state index in [0.717, 1.165) is 31.7 Å². The Bertz CT molecular complexity index is 625. The van der Waals surface area contributed by atoms with Crippen LogP contribution >= 0.6 is 0 Å². The van der Waals surface area contributed by atoms with E-state index in [1.165, 1.54) is 35.1 Å². The van der Waals surface area contributed by atoms with E-state index in [1.807, 2.05) is 0 Å². The zero-order chi connectivity index (χ0) is 14.1. The van der Waals surface area contributed by atoms with Gasteiger partial charge in [0.1, 0.15) is 5.75 Å². The van der Waals surface area contributed by atoms with Crippen LogP contribution in [-0.2, 0) is 25.7 Å². The average Bonchev–Trinajstić information content (AvgIpc) is 3.12. The Kier molecular flexibility index (Phi) is 3.40.